The predicted molar refractivity (Wildman–Crippen MR) is 99.0 cm³/mol. The fourth-order valence-corrected chi connectivity index (χ4v) is 4.05. The molecule has 2 aromatic carbocycles. The van der Waals surface area contributed by atoms with Crippen LogP contribution in [-0.4, -0.2) is 27.1 Å². The van der Waals surface area contributed by atoms with Gasteiger partial charge in [0.15, 0.2) is 0 Å². The Kier molecular flexibility index (Phi) is 4.64. The van der Waals surface area contributed by atoms with Gasteiger partial charge in [-0.2, -0.15) is 0 Å². The number of nitrogens with zero attached hydrogens (tertiary/aromatic N) is 1. The fourth-order valence-electron chi connectivity index (χ4n) is 2.78. The monoisotopic (exact) mass is 408 g/mol. The van der Waals surface area contributed by atoms with Gasteiger partial charge in [-0.05, 0) is 60.9 Å². The van der Waals surface area contributed by atoms with E-state index in [1.807, 2.05) is 24.3 Å². The lowest BCUT2D eigenvalue weighted by Gasteiger charge is -2.29. The first kappa shape index (κ1) is 17.0. The third kappa shape index (κ3) is 3.62. The Hall–Kier alpha value is -1.86. The van der Waals surface area contributed by atoms with E-state index in [4.69, 9.17) is 0 Å². The van der Waals surface area contributed by atoms with Gasteiger partial charge in [0.05, 0.1) is 11.9 Å². The Morgan fingerprint density at radius 2 is 1.88 bits per heavy atom. The second kappa shape index (κ2) is 6.57. The number of aryl methyl sites for hydroxylation is 1. The van der Waals surface area contributed by atoms with Gasteiger partial charge >= 0.3 is 0 Å². The van der Waals surface area contributed by atoms with Crippen molar-refractivity contribution in [3.8, 4) is 0 Å². The molecular formula is C17H17BrN2O3S. The summed E-state index contributed by atoms with van der Waals surface area (Å²) in [6.45, 7) is 0.482. The zero-order chi connectivity index (χ0) is 17.3. The van der Waals surface area contributed by atoms with Gasteiger partial charge in [0.25, 0.3) is 5.91 Å². The second-order valence-electron chi connectivity index (χ2n) is 5.74. The summed E-state index contributed by atoms with van der Waals surface area (Å²) in [7, 11) is -3.30. The van der Waals surface area contributed by atoms with Crippen LogP contribution >= 0.6 is 15.9 Å². The zero-order valence-electron chi connectivity index (χ0n) is 13.1. The maximum atomic E-state index is 12.4. The number of hydrogen-bond donors (Lipinski definition) is 1. The number of benzene rings is 2. The second-order valence-corrected chi connectivity index (χ2v) is 8.57. The number of anilines is 2. The van der Waals surface area contributed by atoms with Gasteiger partial charge in [0.1, 0.15) is 0 Å². The zero-order valence-corrected chi connectivity index (χ0v) is 15.5. The van der Waals surface area contributed by atoms with Gasteiger partial charge in [-0.3, -0.25) is 9.10 Å². The van der Waals surface area contributed by atoms with E-state index in [1.54, 1.807) is 18.2 Å². The van der Waals surface area contributed by atoms with Gasteiger partial charge in [0, 0.05) is 22.3 Å². The third-order valence-corrected chi connectivity index (χ3v) is 5.63. The summed E-state index contributed by atoms with van der Waals surface area (Å²) in [6, 6.07) is 12.5. The molecule has 24 heavy (non-hydrogen) atoms. The molecule has 0 aromatic heterocycles. The molecule has 1 amide bonds. The lowest BCUT2D eigenvalue weighted by atomic mass is 10.0. The topological polar surface area (TPSA) is 66.5 Å². The Morgan fingerprint density at radius 3 is 2.54 bits per heavy atom. The number of carbonyl (C=O) groups is 1. The highest BCUT2D eigenvalue weighted by Gasteiger charge is 2.24. The van der Waals surface area contributed by atoms with Gasteiger partial charge in [0.2, 0.25) is 10.0 Å². The molecular weight excluding hydrogens is 392 g/mol. The summed E-state index contributed by atoms with van der Waals surface area (Å²) in [5.41, 5.74) is 2.78. The van der Waals surface area contributed by atoms with E-state index in [2.05, 4.69) is 21.2 Å². The van der Waals surface area contributed by atoms with E-state index in [1.165, 1.54) is 10.6 Å². The summed E-state index contributed by atoms with van der Waals surface area (Å²) in [6.07, 6.45) is 2.72. The van der Waals surface area contributed by atoms with Crippen molar-refractivity contribution in [2.24, 2.45) is 0 Å². The van der Waals surface area contributed by atoms with Gasteiger partial charge in [-0.1, -0.05) is 15.9 Å². The van der Waals surface area contributed by atoms with Crippen molar-refractivity contribution in [3.05, 3.63) is 58.1 Å². The molecule has 0 fully saturated rings. The Labute approximate surface area is 149 Å². The summed E-state index contributed by atoms with van der Waals surface area (Å²) < 4.78 is 26.1. The van der Waals surface area contributed by atoms with Crippen molar-refractivity contribution in [2.75, 3.05) is 22.4 Å². The molecule has 0 radical (unpaired) electrons. The molecule has 1 aliphatic rings. The first-order valence-corrected chi connectivity index (χ1v) is 10.2. The molecule has 1 N–H and O–H groups in total. The van der Waals surface area contributed by atoms with Crippen molar-refractivity contribution in [1.29, 1.82) is 0 Å². The Bertz CT molecular complexity index is 879. The maximum absolute atomic E-state index is 12.4. The van der Waals surface area contributed by atoms with E-state index in [0.29, 0.717) is 23.5 Å². The molecule has 0 aliphatic carbocycles. The normalized spacial score (nSPS) is 14.2. The van der Waals surface area contributed by atoms with Crippen LogP contribution < -0.4 is 9.62 Å². The van der Waals surface area contributed by atoms with Crippen LogP contribution in [0.1, 0.15) is 22.3 Å². The number of carbonyl (C=O) groups excluding carboxylic acids is 1. The van der Waals surface area contributed by atoms with Crippen LogP contribution in [0.3, 0.4) is 0 Å². The molecule has 5 nitrogen and oxygen atoms in total. The molecule has 0 atom stereocenters. The fraction of sp³-hybridized carbons (Fsp3) is 0.235. The first-order valence-electron chi connectivity index (χ1n) is 7.52. The van der Waals surface area contributed by atoms with Crippen LogP contribution in [0.5, 0.6) is 0 Å². The number of halogens is 1. The summed E-state index contributed by atoms with van der Waals surface area (Å²) in [5.74, 6) is -0.211. The molecule has 0 spiro atoms. The van der Waals surface area contributed by atoms with Crippen LogP contribution in [0.15, 0.2) is 46.9 Å². The highest BCUT2D eigenvalue weighted by molar-refractivity contribution is 9.10. The number of hydrogen-bond acceptors (Lipinski definition) is 3. The number of rotatable bonds is 3. The van der Waals surface area contributed by atoms with Gasteiger partial charge in [-0.25, -0.2) is 8.42 Å². The lowest BCUT2D eigenvalue weighted by Crippen LogP contribution is -2.34. The largest absolute Gasteiger partial charge is 0.322 e. The van der Waals surface area contributed by atoms with Crippen molar-refractivity contribution >= 4 is 43.2 Å². The Balaban J connectivity index is 1.85. The number of amides is 1. The first-order chi connectivity index (χ1) is 11.3. The summed E-state index contributed by atoms with van der Waals surface area (Å²) in [4.78, 5) is 12.4. The highest BCUT2D eigenvalue weighted by Crippen LogP contribution is 2.30. The molecule has 126 valence electrons. The molecule has 0 saturated heterocycles. The van der Waals surface area contributed by atoms with E-state index >= 15 is 0 Å². The summed E-state index contributed by atoms with van der Waals surface area (Å²) in [5, 5.41) is 2.84. The molecule has 1 heterocycles. The molecule has 2 aromatic rings. The van der Waals surface area contributed by atoms with Crippen LogP contribution in [-0.2, 0) is 16.4 Å². The maximum Gasteiger partial charge on any atom is 0.255 e. The average Bonchev–Trinajstić information content (AvgIpc) is 2.55. The Morgan fingerprint density at radius 1 is 1.17 bits per heavy atom. The quantitative estimate of drug-likeness (QED) is 0.845. The van der Waals surface area contributed by atoms with Crippen molar-refractivity contribution in [2.45, 2.75) is 12.8 Å². The smallest absolute Gasteiger partial charge is 0.255 e. The standard InChI is InChI=1S/C17H17BrN2O3S/c1-24(22,23)20-10-2-3-12-11-13(4-9-16(12)20)17(21)19-15-7-5-14(18)6-8-15/h4-9,11H,2-3,10H2,1H3,(H,19,21). The molecule has 0 bridgehead atoms. The van der Waals surface area contributed by atoms with Crippen LogP contribution in [0, 0.1) is 0 Å². The number of nitrogens with one attached hydrogen (secondary N) is 1. The predicted octanol–water partition coefficient (Wildman–Crippen LogP) is 3.41. The molecule has 7 heteroatoms. The molecule has 0 saturated carbocycles. The molecule has 3 rings (SSSR count). The van der Waals surface area contributed by atoms with Crippen molar-refractivity contribution < 1.29 is 13.2 Å². The average molecular weight is 409 g/mol. The van der Waals surface area contributed by atoms with Gasteiger partial charge in [-0.15, -0.1) is 0 Å². The van der Waals surface area contributed by atoms with E-state index in [9.17, 15) is 13.2 Å². The van der Waals surface area contributed by atoms with E-state index in [-0.39, 0.29) is 5.91 Å². The SMILES string of the molecule is CS(=O)(=O)N1CCCc2cc(C(=O)Nc3ccc(Br)cc3)ccc21. The highest BCUT2D eigenvalue weighted by atomic mass is 79.9. The lowest BCUT2D eigenvalue weighted by molar-refractivity contribution is 0.102. The minimum absolute atomic E-state index is 0.211. The van der Waals surface area contributed by atoms with E-state index < -0.39 is 10.0 Å². The van der Waals surface area contributed by atoms with Crippen molar-refractivity contribution in [1.82, 2.24) is 0 Å². The van der Waals surface area contributed by atoms with Crippen molar-refractivity contribution in [3.63, 3.8) is 0 Å². The van der Waals surface area contributed by atoms with E-state index in [0.717, 1.165) is 22.9 Å². The minimum Gasteiger partial charge on any atom is -0.322 e. The summed E-state index contributed by atoms with van der Waals surface area (Å²) >= 11 is 3.35. The van der Waals surface area contributed by atoms with Crippen LogP contribution in [0.25, 0.3) is 0 Å². The number of fused-ring (bicyclic) bond motifs is 1. The minimum atomic E-state index is -3.30. The molecule has 1 aliphatic heterocycles. The van der Waals surface area contributed by atoms with Crippen LogP contribution in [0.2, 0.25) is 0 Å². The molecule has 0 unspecified atom stereocenters. The van der Waals surface area contributed by atoms with Gasteiger partial charge < -0.3 is 5.32 Å². The number of sulfonamides is 1. The third-order valence-electron chi connectivity index (χ3n) is 3.92. The van der Waals surface area contributed by atoms with Crippen LogP contribution in [0.4, 0.5) is 11.4 Å².